The van der Waals surface area contributed by atoms with Gasteiger partial charge in [0.15, 0.2) is 0 Å². The molecule has 0 bridgehead atoms. The highest BCUT2D eigenvalue weighted by Gasteiger charge is 2.11. The molecule has 0 aliphatic carbocycles. The Hall–Kier alpha value is -3.61. The van der Waals surface area contributed by atoms with Crippen molar-refractivity contribution < 1.29 is 5.11 Å². The van der Waals surface area contributed by atoms with Crippen molar-refractivity contribution in [3.63, 3.8) is 0 Å². The van der Waals surface area contributed by atoms with Gasteiger partial charge in [-0.1, -0.05) is 18.2 Å². The minimum Gasteiger partial charge on any atom is -0.507 e. The van der Waals surface area contributed by atoms with Crippen LogP contribution in [-0.4, -0.2) is 20.9 Å². The normalized spacial score (nSPS) is 10.5. The molecule has 1 aromatic heterocycles. The Kier molecular flexibility index (Phi) is 3.75. The molecule has 24 heavy (non-hydrogen) atoms. The molecule has 7 N–H and O–H groups in total. The summed E-state index contributed by atoms with van der Waals surface area (Å²) < 4.78 is 0. The van der Waals surface area contributed by atoms with E-state index in [-0.39, 0.29) is 11.6 Å². The Morgan fingerprint density at radius 2 is 1.92 bits per heavy atom. The van der Waals surface area contributed by atoms with E-state index in [0.29, 0.717) is 33.8 Å². The molecule has 0 aliphatic rings. The molecule has 0 radical (unpaired) electrons. The van der Waals surface area contributed by atoms with Crippen molar-refractivity contribution in [3.05, 3.63) is 64.6 Å². The van der Waals surface area contributed by atoms with Crippen LogP contribution >= 0.6 is 0 Å². The van der Waals surface area contributed by atoms with Crippen LogP contribution in [0.5, 0.6) is 5.75 Å². The molecular formula is C17H15N5O2. The first-order valence-corrected chi connectivity index (χ1v) is 7.10. The second-order valence-electron chi connectivity index (χ2n) is 5.22. The average Bonchev–Trinajstić information content (AvgIpc) is 2.54. The fourth-order valence-corrected chi connectivity index (χ4v) is 2.40. The highest BCUT2D eigenvalue weighted by Crippen LogP contribution is 2.29. The number of hydrogen-bond acceptors (Lipinski definition) is 5. The van der Waals surface area contributed by atoms with Gasteiger partial charge >= 0.3 is 5.69 Å². The maximum atomic E-state index is 11.9. The Balaban J connectivity index is 2.17. The number of aromatic amines is 1. The van der Waals surface area contributed by atoms with Crippen LogP contribution in [0.4, 0.5) is 5.69 Å². The van der Waals surface area contributed by atoms with E-state index in [1.807, 2.05) is 0 Å². The summed E-state index contributed by atoms with van der Waals surface area (Å²) in [6.07, 6.45) is 0. The highest BCUT2D eigenvalue weighted by atomic mass is 16.3. The van der Waals surface area contributed by atoms with Crippen molar-refractivity contribution in [2.75, 3.05) is 5.73 Å². The average molecular weight is 321 g/mol. The molecule has 0 saturated heterocycles. The summed E-state index contributed by atoms with van der Waals surface area (Å²) in [6, 6.07) is 13.2. The minimum absolute atomic E-state index is 0.0482. The van der Waals surface area contributed by atoms with Crippen LogP contribution in [0.25, 0.3) is 22.5 Å². The fraction of sp³-hybridized carbons (Fsp3) is 0. The summed E-state index contributed by atoms with van der Waals surface area (Å²) in [5.74, 6) is -0.118. The first-order valence-electron chi connectivity index (χ1n) is 7.10. The first kappa shape index (κ1) is 15.3. The van der Waals surface area contributed by atoms with E-state index in [1.54, 1.807) is 42.5 Å². The van der Waals surface area contributed by atoms with E-state index in [1.165, 1.54) is 6.07 Å². The molecule has 120 valence electrons. The number of benzene rings is 2. The number of nitrogen functional groups attached to an aromatic ring is 2. The third kappa shape index (κ3) is 2.82. The molecule has 3 rings (SSSR count). The molecule has 7 heteroatoms. The molecule has 0 spiro atoms. The van der Waals surface area contributed by atoms with Gasteiger partial charge in [0, 0.05) is 22.4 Å². The number of nitrogens with two attached hydrogens (primary N) is 2. The molecule has 0 amide bonds. The standard InChI is InChI=1S/C17H15N5O2/c18-12-6-5-9(7-11(12)16(19)20)13-8-14(22-17(24)21-13)10-3-1-2-4-15(10)23/h1-8,23H,18H2,(H3,19,20)(H,21,22,24). The van der Waals surface area contributed by atoms with E-state index in [9.17, 15) is 9.90 Å². The smallest absolute Gasteiger partial charge is 0.345 e. The lowest BCUT2D eigenvalue weighted by Gasteiger charge is -2.09. The van der Waals surface area contributed by atoms with Crippen LogP contribution in [0.2, 0.25) is 0 Å². The SMILES string of the molecule is N=C(N)c1cc(-c2cc(-c3ccccc3O)[nH]c(=O)n2)ccc1N. The molecule has 0 unspecified atom stereocenters. The zero-order valence-electron chi connectivity index (χ0n) is 12.6. The molecule has 1 heterocycles. The maximum absolute atomic E-state index is 11.9. The number of phenols is 1. The zero-order valence-corrected chi connectivity index (χ0v) is 12.6. The number of aromatic nitrogens is 2. The summed E-state index contributed by atoms with van der Waals surface area (Å²) >= 11 is 0. The molecule has 2 aromatic carbocycles. The number of amidine groups is 1. The molecule has 0 aliphatic heterocycles. The van der Waals surface area contributed by atoms with Gasteiger partial charge in [-0.05, 0) is 30.3 Å². The van der Waals surface area contributed by atoms with Crippen molar-refractivity contribution >= 4 is 11.5 Å². The monoisotopic (exact) mass is 321 g/mol. The fourth-order valence-electron chi connectivity index (χ4n) is 2.40. The molecule has 0 saturated carbocycles. The maximum Gasteiger partial charge on any atom is 0.345 e. The van der Waals surface area contributed by atoms with Crippen molar-refractivity contribution in [2.24, 2.45) is 5.73 Å². The van der Waals surface area contributed by atoms with Crippen molar-refractivity contribution in [3.8, 4) is 28.3 Å². The Morgan fingerprint density at radius 1 is 1.17 bits per heavy atom. The quantitative estimate of drug-likeness (QED) is 0.283. The minimum atomic E-state index is -0.549. The van der Waals surface area contributed by atoms with Gasteiger partial charge in [-0.3, -0.25) is 5.41 Å². The molecule has 3 aromatic rings. The van der Waals surface area contributed by atoms with Crippen molar-refractivity contribution in [1.29, 1.82) is 5.41 Å². The predicted molar refractivity (Wildman–Crippen MR) is 92.8 cm³/mol. The van der Waals surface area contributed by atoms with E-state index in [4.69, 9.17) is 16.9 Å². The number of nitrogens with zero attached hydrogens (tertiary/aromatic N) is 1. The van der Waals surface area contributed by atoms with Gasteiger partial charge in [-0.25, -0.2) is 4.79 Å². The lowest BCUT2D eigenvalue weighted by atomic mass is 10.0. The van der Waals surface area contributed by atoms with Crippen LogP contribution in [0, 0.1) is 5.41 Å². The van der Waals surface area contributed by atoms with Crippen LogP contribution < -0.4 is 17.2 Å². The second-order valence-corrected chi connectivity index (χ2v) is 5.22. The molecule has 0 atom stereocenters. The first-order chi connectivity index (χ1) is 11.5. The number of H-pyrrole nitrogens is 1. The predicted octanol–water partition coefficient (Wildman–Crippen LogP) is 1.68. The van der Waals surface area contributed by atoms with Gasteiger partial charge < -0.3 is 21.6 Å². The Labute approximate surface area is 137 Å². The van der Waals surface area contributed by atoms with Crippen LogP contribution in [-0.2, 0) is 0 Å². The van der Waals surface area contributed by atoms with Gasteiger partial charge in [0.2, 0.25) is 0 Å². The Bertz CT molecular complexity index is 994. The lowest BCUT2D eigenvalue weighted by Crippen LogP contribution is -2.14. The number of nitrogens with one attached hydrogen (secondary N) is 2. The van der Waals surface area contributed by atoms with Crippen molar-refractivity contribution in [2.45, 2.75) is 0 Å². The number of hydrogen-bond donors (Lipinski definition) is 5. The summed E-state index contributed by atoms with van der Waals surface area (Å²) in [4.78, 5) is 18.5. The number of para-hydroxylation sites is 1. The summed E-state index contributed by atoms with van der Waals surface area (Å²) in [5.41, 5.74) is 13.4. The van der Waals surface area contributed by atoms with Gasteiger partial charge in [0.1, 0.15) is 11.6 Å². The van der Waals surface area contributed by atoms with Crippen LogP contribution in [0.1, 0.15) is 5.56 Å². The number of aromatic hydroxyl groups is 1. The van der Waals surface area contributed by atoms with E-state index >= 15 is 0 Å². The van der Waals surface area contributed by atoms with Gasteiger partial charge in [-0.15, -0.1) is 0 Å². The Morgan fingerprint density at radius 3 is 2.62 bits per heavy atom. The van der Waals surface area contributed by atoms with E-state index < -0.39 is 5.69 Å². The van der Waals surface area contributed by atoms with Crippen LogP contribution in [0.3, 0.4) is 0 Å². The van der Waals surface area contributed by atoms with Gasteiger partial charge in [-0.2, -0.15) is 4.98 Å². The summed E-state index contributed by atoms with van der Waals surface area (Å²) in [7, 11) is 0. The largest absolute Gasteiger partial charge is 0.507 e. The van der Waals surface area contributed by atoms with Gasteiger partial charge in [0.25, 0.3) is 0 Å². The molecule has 7 nitrogen and oxygen atoms in total. The topological polar surface area (TPSA) is 142 Å². The molecular weight excluding hydrogens is 306 g/mol. The van der Waals surface area contributed by atoms with Gasteiger partial charge in [0.05, 0.1) is 11.4 Å². The third-order valence-corrected chi connectivity index (χ3v) is 3.58. The number of anilines is 1. The molecule has 0 fully saturated rings. The van der Waals surface area contributed by atoms with E-state index in [2.05, 4.69) is 9.97 Å². The van der Waals surface area contributed by atoms with Crippen LogP contribution in [0.15, 0.2) is 53.3 Å². The summed E-state index contributed by atoms with van der Waals surface area (Å²) in [5, 5.41) is 17.5. The number of rotatable bonds is 3. The van der Waals surface area contributed by atoms with Crippen molar-refractivity contribution in [1.82, 2.24) is 9.97 Å². The zero-order chi connectivity index (χ0) is 17.3. The number of phenolic OH excluding ortho intramolecular Hbond substituents is 1. The van der Waals surface area contributed by atoms with E-state index in [0.717, 1.165) is 0 Å². The third-order valence-electron chi connectivity index (χ3n) is 3.58. The highest BCUT2D eigenvalue weighted by molar-refractivity contribution is 6.01. The second kappa shape index (κ2) is 5.88. The lowest BCUT2D eigenvalue weighted by molar-refractivity contribution is 0.477. The summed E-state index contributed by atoms with van der Waals surface area (Å²) in [6.45, 7) is 0.